The van der Waals surface area contributed by atoms with Crippen LogP contribution in [-0.2, 0) is 37.3 Å². The molecule has 0 atom stereocenters. The first-order valence-electron chi connectivity index (χ1n) is 21.2. The quantitative estimate of drug-likeness (QED) is 0.142. The summed E-state index contributed by atoms with van der Waals surface area (Å²) < 4.78 is 2.30. The van der Waals surface area contributed by atoms with E-state index in [1.54, 1.807) is 0 Å². The van der Waals surface area contributed by atoms with Gasteiger partial charge >= 0.3 is 0 Å². The van der Waals surface area contributed by atoms with Gasteiger partial charge in [0.2, 0.25) is 0 Å². The van der Waals surface area contributed by atoms with Gasteiger partial charge in [-0.25, -0.2) is 4.98 Å². The molecule has 0 fully saturated rings. The van der Waals surface area contributed by atoms with Crippen molar-refractivity contribution in [1.29, 1.82) is 0 Å². The number of fused-ring (bicyclic) bond motifs is 4. The Kier molecular flexibility index (Phi) is 10.6. The predicted octanol–water partition coefficient (Wildman–Crippen LogP) is 14.2. The summed E-state index contributed by atoms with van der Waals surface area (Å²) >= 11 is 0. The van der Waals surface area contributed by atoms with Crippen LogP contribution in [0.5, 0.6) is 0 Å². The van der Waals surface area contributed by atoms with Crippen LogP contribution in [0.15, 0.2) is 182 Å². The molecule has 310 valence electrons. The summed E-state index contributed by atoms with van der Waals surface area (Å²) in [5.74, 6) is 0.863. The van der Waals surface area contributed by atoms with Gasteiger partial charge in [0, 0.05) is 55.3 Å². The van der Waals surface area contributed by atoms with Crippen LogP contribution in [0.3, 0.4) is 0 Å². The number of anilines is 4. The van der Waals surface area contributed by atoms with Crippen LogP contribution < -0.4 is 9.80 Å². The molecular formula is C57H49N4Pt-3. The van der Waals surface area contributed by atoms with Crippen molar-refractivity contribution >= 4 is 44.6 Å². The maximum Gasteiger partial charge on any atom is 0.135 e. The van der Waals surface area contributed by atoms with Crippen LogP contribution in [0.2, 0.25) is 0 Å². The SMILES string of the molecule is CC(C)(C)c1ccccc1N1[CH-]N(c2[c-]c(C(C)(C)c3[c-]c4c(cc3)c3ccccc3n4-c3cc(C(C)(c4ccccc4)c4ccccc4)ccn3)ccc2)c2ccccc21.[Pt]. The monoisotopic (exact) mass is 984 g/mol. The van der Waals surface area contributed by atoms with Crippen LogP contribution in [0.1, 0.15) is 74.9 Å². The first-order chi connectivity index (χ1) is 29.5. The third-order valence-corrected chi connectivity index (χ3v) is 12.8. The van der Waals surface area contributed by atoms with E-state index in [2.05, 4.69) is 251 Å². The third-order valence-electron chi connectivity index (χ3n) is 12.8. The number of nitrogens with zero attached hydrogens (tertiary/aromatic N) is 4. The molecule has 62 heavy (non-hydrogen) atoms. The van der Waals surface area contributed by atoms with E-state index < -0.39 is 10.8 Å². The Hall–Kier alpha value is -6.22. The molecule has 1 aliphatic heterocycles. The van der Waals surface area contributed by atoms with Gasteiger partial charge in [-0.3, -0.25) is 0 Å². The van der Waals surface area contributed by atoms with Crippen LogP contribution in [0.4, 0.5) is 22.7 Å². The molecule has 0 saturated carbocycles. The molecule has 0 radical (unpaired) electrons. The van der Waals surface area contributed by atoms with Crippen LogP contribution >= 0.6 is 0 Å². The Morgan fingerprint density at radius 3 is 1.79 bits per heavy atom. The van der Waals surface area contributed by atoms with Gasteiger partial charge in [-0.15, -0.1) is 17.7 Å². The number of pyridine rings is 1. The minimum Gasteiger partial charge on any atom is -0.493 e. The molecule has 7 aromatic carbocycles. The molecule has 0 unspecified atom stereocenters. The van der Waals surface area contributed by atoms with Crippen molar-refractivity contribution in [2.24, 2.45) is 0 Å². The summed E-state index contributed by atoms with van der Waals surface area (Å²) in [6.07, 6.45) is 1.96. The number of para-hydroxylation sites is 4. The van der Waals surface area contributed by atoms with E-state index in [0.29, 0.717) is 0 Å². The Morgan fingerprint density at radius 1 is 0.500 bits per heavy atom. The van der Waals surface area contributed by atoms with Gasteiger partial charge in [0.1, 0.15) is 5.82 Å². The van der Waals surface area contributed by atoms with E-state index in [9.17, 15) is 0 Å². The van der Waals surface area contributed by atoms with Crippen LogP contribution in [-0.4, -0.2) is 9.55 Å². The maximum absolute atomic E-state index is 5.08. The summed E-state index contributed by atoms with van der Waals surface area (Å²) in [4.78, 5) is 9.68. The van der Waals surface area contributed by atoms with Crippen molar-refractivity contribution in [1.82, 2.24) is 9.55 Å². The maximum atomic E-state index is 5.08. The van der Waals surface area contributed by atoms with Gasteiger partial charge in [-0.05, 0) is 81.8 Å². The zero-order valence-electron chi connectivity index (χ0n) is 36.0. The molecule has 0 aliphatic carbocycles. The smallest absolute Gasteiger partial charge is 0.135 e. The largest absolute Gasteiger partial charge is 0.493 e. The molecule has 0 amide bonds. The summed E-state index contributed by atoms with van der Waals surface area (Å²) in [5.41, 5.74) is 12.8. The molecular weight excluding hydrogens is 936 g/mol. The molecule has 9 aromatic rings. The first-order valence-corrected chi connectivity index (χ1v) is 21.2. The standard InChI is InChI=1S/C57H49N4.Pt/c1-55(2,3)48-27-14-16-29-50(48)60-39-59(51-30-17-18-31-52(51)60)45-25-19-24-42(36-45)56(4,5)43-32-33-47-46-26-13-15-28-49(46)61(53(47)37-43)54-38-44(34-35-58-54)57(6,40-20-9-7-10-21-40)41-22-11-8-12-23-41;/h7-35,38-39H,1-6H3;/q-3;. The van der Waals surface area contributed by atoms with Crippen molar-refractivity contribution in [2.45, 2.75) is 57.8 Å². The summed E-state index contributed by atoms with van der Waals surface area (Å²) in [7, 11) is 0. The molecule has 4 nitrogen and oxygen atoms in total. The average molecular weight is 985 g/mol. The van der Waals surface area contributed by atoms with E-state index in [-0.39, 0.29) is 26.5 Å². The van der Waals surface area contributed by atoms with E-state index in [4.69, 9.17) is 4.98 Å². The molecule has 3 heterocycles. The second kappa shape index (κ2) is 15.9. The number of hydrogen-bond donors (Lipinski definition) is 0. The zero-order chi connectivity index (χ0) is 41.9. The fourth-order valence-corrected chi connectivity index (χ4v) is 9.31. The minimum atomic E-state index is -0.433. The van der Waals surface area contributed by atoms with Crippen LogP contribution in [0, 0.1) is 18.8 Å². The number of hydrogen-bond acceptors (Lipinski definition) is 3. The Bertz CT molecular complexity index is 3010. The van der Waals surface area contributed by atoms with Gasteiger partial charge in [0.05, 0.1) is 0 Å². The Balaban J connectivity index is 0.00000490. The molecule has 0 bridgehead atoms. The van der Waals surface area contributed by atoms with Gasteiger partial charge in [-0.2, -0.15) is 53.6 Å². The van der Waals surface area contributed by atoms with Crippen molar-refractivity contribution in [3.8, 4) is 5.82 Å². The normalized spacial score (nSPS) is 13.1. The van der Waals surface area contributed by atoms with Crippen molar-refractivity contribution in [2.75, 3.05) is 9.80 Å². The average Bonchev–Trinajstić information content (AvgIpc) is 3.85. The van der Waals surface area contributed by atoms with Crippen molar-refractivity contribution in [3.05, 3.63) is 234 Å². The van der Waals surface area contributed by atoms with Gasteiger partial charge in [0.15, 0.2) is 0 Å². The fourth-order valence-electron chi connectivity index (χ4n) is 9.31. The summed E-state index contributed by atoms with van der Waals surface area (Å²) in [6.45, 7) is 15.9. The predicted molar refractivity (Wildman–Crippen MR) is 253 cm³/mol. The molecule has 2 aromatic heterocycles. The number of rotatable bonds is 8. The summed E-state index contributed by atoms with van der Waals surface area (Å²) in [5, 5.41) is 2.32. The first kappa shape index (κ1) is 41.1. The van der Waals surface area contributed by atoms with E-state index in [1.807, 2.05) is 6.20 Å². The van der Waals surface area contributed by atoms with Crippen molar-refractivity contribution in [3.63, 3.8) is 0 Å². The zero-order valence-corrected chi connectivity index (χ0v) is 38.3. The second-order valence-corrected chi connectivity index (χ2v) is 17.9. The molecule has 1 aliphatic rings. The summed E-state index contributed by atoms with van der Waals surface area (Å²) in [6, 6.07) is 70.9. The minimum absolute atomic E-state index is 0. The number of benzene rings is 7. The number of aromatic nitrogens is 2. The fraction of sp³-hybridized carbons (Fsp3) is 0.158. The molecule has 0 saturated heterocycles. The molecule has 10 rings (SSSR count). The molecule has 0 N–H and O–H groups in total. The van der Waals surface area contributed by atoms with Gasteiger partial charge in [-0.1, -0.05) is 149 Å². The molecule has 0 spiro atoms. The van der Waals surface area contributed by atoms with Crippen molar-refractivity contribution < 1.29 is 21.1 Å². The second-order valence-electron chi connectivity index (χ2n) is 17.9. The van der Waals surface area contributed by atoms with E-state index in [1.165, 1.54) is 33.3 Å². The van der Waals surface area contributed by atoms with E-state index in [0.717, 1.165) is 50.4 Å². The van der Waals surface area contributed by atoms with E-state index >= 15 is 0 Å². The van der Waals surface area contributed by atoms with Gasteiger partial charge < -0.3 is 14.4 Å². The van der Waals surface area contributed by atoms with Crippen LogP contribution in [0.25, 0.3) is 27.6 Å². The third kappa shape index (κ3) is 6.86. The van der Waals surface area contributed by atoms with Gasteiger partial charge in [0.25, 0.3) is 0 Å². The topological polar surface area (TPSA) is 24.3 Å². The Morgan fingerprint density at radius 2 is 1.10 bits per heavy atom. The Labute approximate surface area is 380 Å². The molecule has 5 heteroatoms.